The number of carbonyl (C=O) groups is 2. The van der Waals surface area contributed by atoms with Crippen molar-refractivity contribution in [3.8, 4) is 0 Å². The van der Waals surface area contributed by atoms with Crippen molar-refractivity contribution in [3.63, 3.8) is 0 Å². The Balaban J connectivity index is 2.36. The summed E-state index contributed by atoms with van der Waals surface area (Å²) in [6.45, 7) is 6.41. The molecular weight excluding hydrogens is 266 g/mol. The van der Waals surface area contributed by atoms with Gasteiger partial charge in [0.1, 0.15) is 0 Å². The first-order chi connectivity index (χ1) is 9.71. The molecule has 0 aromatic heterocycles. The molecule has 4 nitrogen and oxygen atoms in total. The molecule has 0 bridgehead atoms. The van der Waals surface area contributed by atoms with E-state index in [4.69, 9.17) is 0 Å². The second kappa shape index (κ2) is 5.51. The van der Waals surface area contributed by atoms with Crippen molar-refractivity contribution in [3.05, 3.63) is 35.4 Å². The number of carbonyl (C=O) groups excluding carboxylic acids is 1. The van der Waals surface area contributed by atoms with Gasteiger partial charge in [-0.1, -0.05) is 45.0 Å². The fraction of sp³-hybridized carbons (Fsp3) is 0.529. The van der Waals surface area contributed by atoms with Crippen LogP contribution in [-0.2, 0) is 15.0 Å². The van der Waals surface area contributed by atoms with Crippen LogP contribution in [0.4, 0.5) is 0 Å². The first kappa shape index (κ1) is 15.5. The number of piperidine rings is 1. The van der Waals surface area contributed by atoms with Gasteiger partial charge in [0.2, 0.25) is 5.91 Å². The Hall–Kier alpha value is -1.84. The van der Waals surface area contributed by atoms with Crippen molar-refractivity contribution in [2.45, 2.75) is 45.1 Å². The van der Waals surface area contributed by atoms with Gasteiger partial charge in [0.25, 0.3) is 0 Å². The van der Waals surface area contributed by atoms with Gasteiger partial charge in [0, 0.05) is 13.5 Å². The topological polar surface area (TPSA) is 57.6 Å². The lowest BCUT2D eigenvalue weighted by Gasteiger charge is -2.37. The molecule has 2 unspecified atom stereocenters. The first-order valence-electron chi connectivity index (χ1n) is 7.30. The maximum absolute atomic E-state index is 11.9. The summed E-state index contributed by atoms with van der Waals surface area (Å²) in [5, 5.41) is 9.42. The number of aliphatic carboxylic acids is 1. The molecule has 4 heteroatoms. The third-order valence-corrected chi connectivity index (χ3v) is 4.30. The van der Waals surface area contributed by atoms with E-state index in [1.54, 1.807) is 11.9 Å². The van der Waals surface area contributed by atoms with E-state index in [1.165, 1.54) is 5.56 Å². The summed E-state index contributed by atoms with van der Waals surface area (Å²) in [4.78, 5) is 25.0. The SMILES string of the molecule is CN1C(=O)CCC(C(=O)O)C1c1ccc(C(C)(C)C)cc1. The Kier molecular flexibility index (Phi) is 4.08. The molecule has 1 aromatic rings. The van der Waals surface area contributed by atoms with E-state index in [1.807, 2.05) is 24.3 Å². The van der Waals surface area contributed by atoms with Crippen LogP contribution in [0.2, 0.25) is 0 Å². The fourth-order valence-corrected chi connectivity index (χ4v) is 2.93. The van der Waals surface area contributed by atoms with Crippen LogP contribution in [0.1, 0.15) is 50.8 Å². The predicted octanol–water partition coefficient (Wildman–Crippen LogP) is 2.98. The number of carboxylic acids is 1. The number of amides is 1. The van der Waals surface area contributed by atoms with Crippen molar-refractivity contribution in [2.24, 2.45) is 5.92 Å². The van der Waals surface area contributed by atoms with Gasteiger partial charge in [-0.2, -0.15) is 0 Å². The maximum atomic E-state index is 11.9. The van der Waals surface area contributed by atoms with Gasteiger partial charge < -0.3 is 10.0 Å². The molecule has 0 saturated carbocycles. The molecule has 1 aliphatic heterocycles. The molecule has 114 valence electrons. The molecule has 2 atom stereocenters. The molecule has 1 saturated heterocycles. The molecule has 0 aliphatic carbocycles. The molecular formula is C17H23NO3. The van der Waals surface area contributed by atoms with Gasteiger partial charge in [-0.3, -0.25) is 9.59 Å². The standard InChI is InChI=1S/C17H23NO3/c1-17(2,3)12-7-5-11(6-8-12)15-13(16(20)21)9-10-14(19)18(15)4/h5-8,13,15H,9-10H2,1-4H3,(H,20,21). The zero-order valence-corrected chi connectivity index (χ0v) is 13.1. The minimum absolute atomic E-state index is 0.0115. The smallest absolute Gasteiger partial charge is 0.308 e. The molecule has 0 radical (unpaired) electrons. The lowest BCUT2D eigenvalue weighted by atomic mass is 9.82. The van der Waals surface area contributed by atoms with Crippen LogP contribution in [-0.4, -0.2) is 28.9 Å². The Morgan fingerprint density at radius 3 is 2.29 bits per heavy atom. The van der Waals surface area contributed by atoms with Gasteiger partial charge in [-0.05, 0) is 23.0 Å². The molecule has 1 amide bonds. The highest BCUT2D eigenvalue weighted by Gasteiger charge is 2.38. The summed E-state index contributed by atoms with van der Waals surface area (Å²) in [5.41, 5.74) is 2.15. The van der Waals surface area contributed by atoms with Crippen LogP contribution < -0.4 is 0 Å². The zero-order chi connectivity index (χ0) is 15.8. The van der Waals surface area contributed by atoms with Gasteiger partial charge in [-0.25, -0.2) is 0 Å². The minimum atomic E-state index is -0.834. The third kappa shape index (κ3) is 3.09. The lowest BCUT2D eigenvalue weighted by Crippen LogP contribution is -2.43. The maximum Gasteiger partial charge on any atom is 0.308 e. The highest BCUT2D eigenvalue weighted by atomic mass is 16.4. The Labute approximate surface area is 125 Å². The monoisotopic (exact) mass is 289 g/mol. The number of hydrogen-bond donors (Lipinski definition) is 1. The molecule has 1 fully saturated rings. The molecule has 21 heavy (non-hydrogen) atoms. The van der Waals surface area contributed by atoms with E-state index in [9.17, 15) is 14.7 Å². The van der Waals surface area contributed by atoms with E-state index in [2.05, 4.69) is 20.8 Å². The van der Waals surface area contributed by atoms with Crippen LogP contribution in [0.25, 0.3) is 0 Å². The molecule has 1 heterocycles. The zero-order valence-electron chi connectivity index (χ0n) is 13.1. The van der Waals surface area contributed by atoms with Crippen LogP contribution in [0.15, 0.2) is 24.3 Å². The van der Waals surface area contributed by atoms with Crippen molar-refractivity contribution in [1.82, 2.24) is 4.90 Å². The normalized spacial score (nSPS) is 23.2. The Bertz CT molecular complexity index is 542. The molecule has 1 N–H and O–H groups in total. The summed E-state index contributed by atoms with van der Waals surface area (Å²) < 4.78 is 0. The average Bonchev–Trinajstić information content (AvgIpc) is 2.40. The summed E-state index contributed by atoms with van der Waals surface area (Å²) in [6.07, 6.45) is 0.717. The average molecular weight is 289 g/mol. The van der Waals surface area contributed by atoms with Gasteiger partial charge in [-0.15, -0.1) is 0 Å². The van der Waals surface area contributed by atoms with E-state index in [0.29, 0.717) is 12.8 Å². The number of likely N-dealkylation sites (tertiary alicyclic amines) is 1. The number of rotatable bonds is 2. The summed E-state index contributed by atoms with van der Waals surface area (Å²) >= 11 is 0. The van der Waals surface area contributed by atoms with Crippen molar-refractivity contribution in [2.75, 3.05) is 7.05 Å². The van der Waals surface area contributed by atoms with Crippen molar-refractivity contribution in [1.29, 1.82) is 0 Å². The van der Waals surface area contributed by atoms with Crippen LogP contribution in [0, 0.1) is 5.92 Å². The fourth-order valence-electron chi connectivity index (χ4n) is 2.93. The predicted molar refractivity (Wildman–Crippen MR) is 81.0 cm³/mol. The van der Waals surface area contributed by atoms with Gasteiger partial charge in [0.15, 0.2) is 0 Å². The molecule has 2 rings (SSSR count). The number of hydrogen-bond acceptors (Lipinski definition) is 2. The lowest BCUT2D eigenvalue weighted by molar-refractivity contribution is -0.150. The highest BCUT2D eigenvalue weighted by molar-refractivity contribution is 5.81. The van der Waals surface area contributed by atoms with E-state index < -0.39 is 11.9 Å². The van der Waals surface area contributed by atoms with Crippen molar-refractivity contribution >= 4 is 11.9 Å². The van der Waals surface area contributed by atoms with Crippen LogP contribution in [0.3, 0.4) is 0 Å². The number of carboxylic acid groups (broad SMARTS) is 1. The van der Waals surface area contributed by atoms with E-state index >= 15 is 0 Å². The van der Waals surface area contributed by atoms with Crippen molar-refractivity contribution < 1.29 is 14.7 Å². The largest absolute Gasteiger partial charge is 0.481 e. The molecule has 0 spiro atoms. The number of benzene rings is 1. The summed E-state index contributed by atoms with van der Waals surface area (Å²) in [5.74, 6) is -1.36. The Morgan fingerprint density at radius 2 is 1.81 bits per heavy atom. The van der Waals surface area contributed by atoms with Gasteiger partial charge >= 0.3 is 5.97 Å². The quantitative estimate of drug-likeness (QED) is 0.910. The Morgan fingerprint density at radius 1 is 1.24 bits per heavy atom. The summed E-state index contributed by atoms with van der Waals surface area (Å²) in [6, 6.07) is 7.59. The van der Waals surface area contributed by atoms with Crippen LogP contribution >= 0.6 is 0 Å². The third-order valence-electron chi connectivity index (χ3n) is 4.30. The number of nitrogens with zero attached hydrogens (tertiary/aromatic N) is 1. The van der Waals surface area contributed by atoms with E-state index in [0.717, 1.165) is 5.56 Å². The molecule has 1 aliphatic rings. The minimum Gasteiger partial charge on any atom is -0.481 e. The second-order valence-electron chi connectivity index (χ2n) is 6.80. The van der Waals surface area contributed by atoms with Crippen LogP contribution in [0.5, 0.6) is 0 Å². The van der Waals surface area contributed by atoms with E-state index in [-0.39, 0.29) is 17.4 Å². The van der Waals surface area contributed by atoms with Gasteiger partial charge in [0.05, 0.1) is 12.0 Å². The molecule has 1 aromatic carbocycles. The second-order valence-corrected chi connectivity index (χ2v) is 6.80. The highest BCUT2D eigenvalue weighted by Crippen LogP contribution is 2.36. The first-order valence-corrected chi connectivity index (χ1v) is 7.30. The summed E-state index contributed by atoms with van der Waals surface area (Å²) in [7, 11) is 1.69.